The minimum Gasteiger partial charge on any atom is -0.375 e. The van der Waals surface area contributed by atoms with Crippen molar-refractivity contribution < 1.29 is 13.2 Å². The summed E-state index contributed by atoms with van der Waals surface area (Å²) in [5, 5.41) is 2.98. The van der Waals surface area contributed by atoms with E-state index in [1.54, 1.807) is 24.3 Å². The highest BCUT2D eigenvalue weighted by atomic mass is 32.2. The minimum absolute atomic E-state index is 0.339. The van der Waals surface area contributed by atoms with Crippen molar-refractivity contribution in [1.82, 2.24) is 5.32 Å². The van der Waals surface area contributed by atoms with Crippen LogP contribution in [0.4, 0.5) is 0 Å². The van der Waals surface area contributed by atoms with Crippen molar-refractivity contribution in [3.63, 3.8) is 0 Å². The first kappa shape index (κ1) is 13.2. The molecule has 5 heteroatoms. The van der Waals surface area contributed by atoms with Gasteiger partial charge in [0, 0.05) is 12.8 Å². The fraction of sp³-hybridized carbons (Fsp3) is 0.455. The van der Waals surface area contributed by atoms with Gasteiger partial charge >= 0.3 is 0 Å². The summed E-state index contributed by atoms with van der Waals surface area (Å²) in [5.41, 5.74) is 0.975. The molecule has 0 aliphatic heterocycles. The van der Waals surface area contributed by atoms with E-state index < -0.39 is 9.84 Å². The molecule has 0 atom stereocenters. The topological polar surface area (TPSA) is 55.4 Å². The third-order valence-corrected chi connectivity index (χ3v) is 3.25. The van der Waals surface area contributed by atoms with Crippen LogP contribution in [0.2, 0.25) is 0 Å². The molecule has 0 unspecified atom stereocenters. The van der Waals surface area contributed by atoms with Gasteiger partial charge in [0.15, 0.2) is 9.84 Å². The van der Waals surface area contributed by atoms with Crippen LogP contribution in [0.5, 0.6) is 0 Å². The predicted molar refractivity (Wildman–Crippen MR) is 63.1 cm³/mol. The molecule has 1 aromatic carbocycles. The highest BCUT2D eigenvalue weighted by Gasteiger charge is 2.05. The average Bonchev–Trinajstić information content (AvgIpc) is 2.24. The van der Waals surface area contributed by atoms with Gasteiger partial charge in [-0.1, -0.05) is 12.1 Å². The molecule has 90 valence electrons. The van der Waals surface area contributed by atoms with E-state index >= 15 is 0 Å². The highest BCUT2D eigenvalue weighted by Crippen LogP contribution is 2.10. The summed E-state index contributed by atoms with van der Waals surface area (Å²) >= 11 is 0. The first-order valence-corrected chi connectivity index (χ1v) is 6.94. The zero-order chi connectivity index (χ0) is 12.0. The van der Waals surface area contributed by atoms with Crippen LogP contribution in [-0.4, -0.2) is 34.9 Å². The standard InChI is InChI=1S/C11H17NO3S/c1-12-7-8-15-9-10-3-5-11(6-4-10)16(2,13)14/h3-6,12H,7-9H2,1-2H3. The molecule has 0 aliphatic carbocycles. The molecule has 0 spiro atoms. The Morgan fingerprint density at radius 3 is 2.38 bits per heavy atom. The van der Waals surface area contributed by atoms with E-state index in [9.17, 15) is 8.42 Å². The summed E-state index contributed by atoms with van der Waals surface area (Å²) in [6.45, 7) is 1.96. The molecule has 16 heavy (non-hydrogen) atoms. The molecule has 0 saturated heterocycles. The van der Waals surface area contributed by atoms with Crippen LogP contribution in [0, 0.1) is 0 Å². The summed E-state index contributed by atoms with van der Waals surface area (Å²) in [5.74, 6) is 0. The normalized spacial score (nSPS) is 11.6. The summed E-state index contributed by atoms with van der Waals surface area (Å²) in [6, 6.07) is 6.75. The van der Waals surface area contributed by atoms with Crippen LogP contribution in [0.15, 0.2) is 29.2 Å². The largest absolute Gasteiger partial charge is 0.375 e. The van der Waals surface area contributed by atoms with E-state index in [4.69, 9.17) is 4.74 Å². The monoisotopic (exact) mass is 243 g/mol. The number of ether oxygens (including phenoxy) is 1. The Balaban J connectivity index is 2.52. The van der Waals surface area contributed by atoms with Crippen molar-refractivity contribution in [2.45, 2.75) is 11.5 Å². The molecule has 4 nitrogen and oxygen atoms in total. The second-order valence-corrected chi connectivity index (χ2v) is 5.59. The van der Waals surface area contributed by atoms with Crippen LogP contribution in [0.25, 0.3) is 0 Å². The minimum atomic E-state index is -3.10. The first-order chi connectivity index (χ1) is 7.54. The van der Waals surface area contributed by atoms with E-state index in [1.165, 1.54) is 6.26 Å². The van der Waals surface area contributed by atoms with Crippen molar-refractivity contribution in [3.05, 3.63) is 29.8 Å². The molecular weight excluding hydrogens is 226 g/mol. The zero-order valence-corrected chi connectivity index (χ0v) is 10.4. The van der Waals surface area contributed by atoms with E-state index in [-0.39, 0.29) is 0 Å². The Bertz CT molecular complexity index is 411. The fourth-order valence-corrected chi connectivity index (χ4v) is 1.83. The third kappa shape index (κ3) is 4.30. The average molecular weight is 243 g/mol. The lowest BCUT2D eigenvalue weighted by Crippen LogP contribution is -2.14. The quantitative estimate of drug-likeness (QED) is 0.752. The fourth-order valence-electron chi connectivity index (χ4n) is 1.20. The van der Waals surface area contributed by atoms with Crippen LogP contribution in [0.3, 0.4) is 0 Å². The van der Waals surface area contributed by atoms with Gasteiger partial charge in [0.05, 0.1) is 18.1 Å². The molecule has 0 radical (unpaired) electrons. The van der Waals surface area contributed by atoms with Crippen molar-refractivity contribution >= 4 is 9.84 Å². The molecule has 0 saturated carbocycles. The van der Waals surface area contributed by atoms with E-state index in [0.29, 0.717) is 18.1 Å². The van der Waals surface area contributed by atoms with Crippen molar-refractivity contribution in [1.29, 1.82) is 0 Å². The molecule has 0 aromatic heterocycles. The van der Waals surface area contributed by atoms with Gasteiger partial charge in [-0.3, -0.25) is 0 Å². The maximum Gasteiger partial charge on any atom is 0.175 e. The Morgan fingerprint density at radius 2 is 1.88 bits per heavy atom. The number of nitrogens with one attached hydrogen (secondary N) is 1. The van der Waals surface area contributed by atoms with Gasteiger partial charge in [-0.15, -0.1) is 0 Å². The number of hydrogen-bond acceptors (Lipinski definition) is 4. The molecule has 0 fully saturated rings. The molecule has 0 amide bonds. The molecule has 0 aliphatic rings. The summed E-state index contributed by atoms with van der Waals surface area (Å²) < 4.78 is 27.8. The van der Waals surface area contributed by atoms with E-state index in [2.05, 4.69) is 5.32 Å². The number of rotatable bonds is 6. The van der Waals surface area contributed by atoms with E-state index in [0.717, 1.165) is 12.1 Å². The lowest BCUT2D eigenvalue weighted by Gasteiger charge is -2.04. The zero-order valence-electron chi connectivity index (χ0n) is 9.56. The lowest BCUT2D eigenvalue weighted by atomic mass is 10.2. The van der Waals surface area contributed by atoms with Crippen LogP contribution >= 0.6 is 0 Å². The maximum atomic E-state index is 11.2. The predicted octanol–water partition coefficient (Wildman–Crippen LogP) is 0.826. The molecular formula is C11H17NO3S. The number of likely N-dealkylation sites (N-methyl/N-ethyl adjacent to an activating group) is 1. The molecule has 1 aromatic rings. The summed E-state index contributed by atoms with van der Waals surface area (Å²) in [4.78, 5) is 0.339. The molecule has 0 bridgehead atoms. The smallest absolute Gasteiger partial charge is 0.175 e. The van der Waals surface area contributed by atoms with Gasteiger partial charge in [0.1, 0.15) is 0 Å². The van der Waals surface area contributed by atoms with Crippen molar-refractivity contribution in [2.24, 2.45) is 0 Å². The Kier molecular flexibility index (Phi) is 4.92. The SMILES string of the molecule is CNCCOCc1ccc(S(C)(=O)=O)cc1. The second kappa shape index (κ2) is 5.98. The lowest BCUT2D eigenvalue weighted by molar-refractivity contribution is 0.124. The van der Waals surface area contributed by atoms with Crippen LogP contribution in [0.1, 0.15) is 5.56 Å². The van der Waals surface area contributed by atoms with Crippen LogP contribution < -0.4 is 5.32 Å². The maximum absolute atomic E-state index is 11.2. The summed E-state index contributed by atoms with van der Waals surface area (Å²) in [6.07, 6.45) is 1.20. The van der Waals surface area contributed by atoms with Crippen molar-refractivity contribution in [2.75, 3.05) is 26.5 Å². The number of benzene rings is 1. The number of sulfone groups is 1. The van der Waals surface area contributed by atoms with E-state index in [1.807, 2.05) is 7.05 Å². The van der Waals surface area contributed by atoms with Gasteiger partial charge in [0.2, 0.25) is 0 Å². The van der Waals surface area contributed by atoms with Gasteiger partial charge in [-0.25, -0.2) is 8.42 Å². The molecule has 0 heterocycles. The van der Waals surface area contributed by atoms with Crippen molar-refractivity contribution in [3.8, 4) is 0 Å². The third-order valence-electron chi connectivity index (χ3n) is 2.12. The number of hydrogen-bond donors (Lipinski definition) is 1. The van der Waals surface area contributed by atoms with Crippen LogP contribution in [-0.2, 0) is 21.2 Å². The highest BCUT2D eigenvalue weighted by molar-refractivity contribution is 7.90. The van der Waals surface area contributed by atoms with Gasteiger partial charge in [-0.05, 0) is 24.7 Å². The van der Waals surface area contributed by atoms with Gasteiger partial charge in [0.25, 0.3) is 0 Å². The van der Waals surface area contributed by atoms with Gasteiger partial charge in [-0.2, -0.15) is 0 Å². The second-order valence-electron chi connectivity index (χ2n) is 3.57. The Labute approximate surface area is 96.5 Å². The van der Waals surface area contributed by atoms with Gasteiger partial charge < -0.3 is 10.1 Å². The Hall–Kier alpha value is -0.910. The first-order valence-electron chi connectivity index (χ1n) is 5.05. The molecule has 1 N–H and O–H groups in total. The summed E-state index contributed by atoms with van der Waals surface area (Å²) in [7, 11) is -1.23. The Morgan fingerprint density at radius 1 is 1.25 bits per heavy atom. The molecule has 1 rings (SSSR count).